The average molecular weight is 389 g/mol. The summed E-state index contributed by atoms with van der Waals surface area (Å²) >= 11 is 5.87. The Balaban J connectivity index is 1.70. The van der Waals surface area contributed by atoms with Gasteiger partial charge < -0.3 is 14.5 Å². The van der Waals surface area contributed by atoms with Crippen LogP contribution in [0.25, 0.3) is 11.1 Å². The van der Waals surface area contributed by atoms with Gasteiger partial charge in [-0.15, -0.1) is 0 Å². The monoisotopic (exact) mass is 388 g/mol. The number of hydrogen-bond acceptors (Lipinski definition) is 5. The van der Waals surface area contributed by atoms with Crippen molar-refractivity contribution in [3.8, 4) is 0 Å². The van der Waals surface area contributed by atoms with Crippen LogP contribution in [0.3, 0.4) is 0 Å². The minimum Gasteiger partial charge on any atom is -0.459 e. The van der Waals surface area contributed by atoms with E-state index in [1.54, 1.807) is 50.2 Å². The number of benzene rings is 2. The van der Waals surface area contributed by atoms with Crippen molar-refractivity contribution in [1.29, 1.82) is 0 Å². The molecule has 0 spiro atoms. The van der Waals surface area contributed by atoms with Gasteiger partial charge in [0.15, 0.2) is 5.58 Å². The first-order valence-corrected chi connectivity index (χ1v) is 8.61. The highest BCUT2D eigenvalue weighted by Gasteiger charge is 2.14. The van der Waals surface area contributed by atoms with Crippen molar-refractivity contribution in [3.63, 3.8) is 0 Å². The molecule has 1 aromatic heterocycles. The maximum Gasteiger partial charge on any atom is 0.420 e. The summed E-state index contributed by atoms with van der Waals surface area (Å²) in [6.07, 6.45) is -0.213. The van der Waals surface area contributed by atoms with Crippen LogP contribution >= 0.6 is 11.6 Å². The van der Waals surface area contributed by atoms with Crippen LogP contribution in [0.5, 0.6) is 0 Å². The number of nitrogens with zero attached hydrogens (tertiary/aromatic N) is 1. The van der Waals surface area contributed by atoms with Gasteiger partial charge in [-0.1, -0.05) is 11.6 Å². The molecular weight excluding hydrogens is 372 g/mol. The van der Waals surface area contributed by atoms with Crippen LogP contribution in [0.15, 0.2) is 51.7 Å². The van der Waals surface area contributed by atoms with E-state index in [0.29, 0.717) is 27.4 Å². The Hall–Kier alpha value is -3.06. The average Bonchev–Trinajstić information content (AvgIpc) is 2.89. The van der Waals surface area contributed by atoms with Gasteiger partial charge in [-0.2, -0.15) is 0 Å². The van der Waals surface area contributed by atoms with E-state index >= 15 is 0 Å². The van der Waals surface area contributed by atoms with Gasteiger partial charge in [0.2, 0.25) is 5.91 Å². The van der Waals surface area contributed by atoms with Crippen molar-refractivity contribution in [2.24, 2.45) is 0 Å². The van der Waals surface area contributed by atoms with E-state index < -0.39 is 17.6 Å². The highest BCUT2D eigenvalue weighted by molar-refractivity contribution is 6.31. The molecule has 0 aliphatic rings. The van der Waals surface area contributed by atoms with Crippen LogP contribution in [-0.4, -0.2) is 22.5 Å². The van der Waals surface area contributed by atoms with Crippen molar-refractivity contribution in [3.05, 3.63) is 63.6 Å². The molecule has 0 radical (unpaired) electrons. The Kier molecular flexibility index (Phi) is 5.32. The quantitative estimate of drug-likeness (QED) is 0.676. The van der Waals surface area contributed by atoms with Gasteiger partial charge in [0.1, 0.15) is 6.54 Å². The Morgan fingerprint density at radius 3 is 2.56 bits per heavy atom. The standard InChI is InChI=1S/C19H17ClN2O5/c1-11(2)26-18(24)12-3-6-14(7-4-12)21-17(23)10-22-15-8-5-13(20)9-16(15)27-19(22)25/h3-9,11H,10H2,1-2H3,(H,21,23). The molecule has 1 heterocycles. The summed E-state index contributed by atoms with van der Waals surface area (Å²) in [7, 11) is 0. The van der Waals surface area contributed by atoms with Gasteiger partial charge in [0.05, 0.1) is 17.2 Å². The summed E-state index contributed by atoms with van der Waals surface area (Å²) in [5.74, 6) is -1.49. The molecule has 0 fully saturated rings. The van der Waals surface area contributed by atoms with Crippen LogP contribution in [0.1, 0.15) is 24.2 Å². The first kappa shape index (κ1) is 18.7. The van der Waals surface area contributed by atoms with Gasteiger partial charge in [-0.05, 0) is 50.2 Å². The van der Waals surface area contributed by atoms with E-state index in [-0.39, 0.29) is 12.6 Å². The number of anilines is 1. The lowest BCUT2D eigenvalue weighted by molar-refractivity contribution is -0.116. The van der Waals surface area contributed by atoms with Crippen molar-refractivity contribution < 1.29 is 18.7 Å². The van der Waals surface area contributed by atoms with Crippen molar-refractivity contribution >= 4 is 40.3 Å². The zero-order valence-electron chi connectivity index (χ0n) is 14.7. The van der Waals surface area contributed by atoms with Gasteiger partial charge >= 0.3 is 11.7 Å². The van der Waals surface area contributed by atoms with Crippen molar-refractivity contribution in [2.45, 2.75) is 26.5 Å². The van der Waals surface area contributed by atoms with Gasteiger partial charge in [0.25, 0.3) is 0 Å². The third-order valence-corrected chi connectivity index (χ3v) is 3.91. The van der Waals surface area contributed by atoms with Crippen LogP contribution in [0.2, 0.25) is 5.02 Å². The third kappa shape index (κ3) is 4.38. The molecule has 0 bridgehead atoms. The fourth-order valence-corrected chi connectivity index (χ4v) is 2.67. The van der Waals surface area contributed by atoms with Crippen molar-refractivity contribution in [1.82, 2.24) is 4.57 Å². The van der Waals surface area contributed by atoms with Gasteiger partial charge in [0, 0.05) is 16.8 Å². The molecule has 0 aliphatic heterocycles. The van der Waals surface area contributed by atoms with Crippen LogP contribution in [0.4, 0.5) is 5.69 Å². The number of fused-ring (bicyclic) bond motifs is 1. The number of nitrogens with one attached hydrogen (secondary N) is 1. The van der Waals surface area contributed by atoms with Crippen LogP contribution in [-0.2, 0) is 16.1 Å². The number of esters is 1. The van der Waals surface area contributed by atoms with E-state index in [0.717, 1.165) is 0 Å². The molecular formula is C19H17ClN2O5. The molecule has 2 aromatic carbocycles. The number of ether oxygens (including phenoxy) is 1. The second-order valence-corrected chi connectivity index (χ2v) is 6.58. The summed E-state index contributed by atoms with van der Waals surface area (Å²) in [5, 5.41) is 3.11. The maximum absolute atomic E-state index is 12.3. The lowest BCUT2D eigenvalue weighted by Gasteiger charge is -2.09. The molecule has 7 nitrogen and oxygen atoms in total. The van der Waals surface area contributed by atoms with E-state index in [2.05, 4.69) is 5.32 Å². The molecule has 8 heteroatoms. The van der Waals surface area contributed by atoms with Crippen LogP contribution < -0.4 is 11.1 Å². The van der Waals surface area contributed by atoms with Crippen LogP contribution in [0, 0.1) is 0 Å². The number of halogens is 1. The Morgan fingerprint density at radius 1 is 1.19 bits per heavy atom. The number of carbonyl (C=O) groups is 2. The number of oxazole rings is 1. The molecule has 0 atom stereocenters. The molecule has 1 amide bonds. The Labute approximate surface area is 159 Å². The molecule has 0 saturated carbocycles. The predicted molar refractivity (Wildman–Crippen MR) is 101 cm³/mol. The molecule has 27 heavy (non-hydrogen) atoms. The lowest BCUT2D eigenvalue weighted by atomic mass is 10.2. The van der Waals surface area contributed by atoms with E-state index in [4.69, 9.17) is 20.8 Å². The Bertz CT molecular complexity index is 1050. The second-order valence-electron chi connectivity index (χ2n) is 6.15. The van der Waals surface area contributed by atoms with Gasteiger partial charge in [-0.3, -0.25) is 9.36 Å². The van der Waals surface area contributed by atoms with Gasteiger partial charge in [-0.25, -0.2) is 9.59 Å². The largest absolute Gasteiger partial charge is 0.459 e. The van der Waals surface area contributed by atoms with E-state index in [1.807, 2.05) is 0 Å². The Morgan fingerprint density at radius 2 is 1.89 bits per heavy atom. The summed E-state index contributed by atoms with van der Waals surface area (Å²) in [4.78, 5) is 36.1. The summed E-state index contributed by atoms with van der Waals surface area (Å²) in [5.41, 5.74) is 1.67. The first-order chi connectivity index (χ1) is 12.8. The number of carbonyl (C=O) groups excluding carboxylic acids is 2. The fraction of sp³-hybridized carbons (Fsp3) is 0.211. The molecule has 0 aliphatic carbocycles. The molecule has 3 aromatic rings. The zero-order valence-corrected chi connectivity index (χ0v) is 15.4. The summed E-state index contributed by atoms with van der Waals surface area (Å²) in [6.45, 7) is 3.31. The number of amides is 1. The molecule has 3 rings (SSSR count). The predicted octanol–water partition coefficient (Wildman–Crippen LogP) is 3.45. The highest BCUT2D eigenvalue weighted by Crippen LogP contribution is 2.18. The smallest absolute Gasteiger partial charge is 0.420 e. The summed E-state index contributed by atoms with van der Waals surface area (Å²) < 4.78 is 11.4. The molecule has 0 unspecified atom stereocenters. The minimum atomic E-state index is -0.644. The number of rotatable bonds is 5. The molecule has 1 N–H and O–H groups in total. The lowest BCUT2D eigenvalue weighted by Crippen LogP contribution is -2.24. The number of aromatic nitrogens is 1. The first-order valence-electron chi connectivity index (χ1n) is 8.23. The molecule has 140 valence electrons. The third-order valence-electron chi connectivity index (χ3n) is 3.68. The minimum absolute atomic E-state index is 0.213. The topological polar surface area (TPSA) is 90.5 Å². The van der Waals surface area contributed by atoms with E-state index in [1.165, 1.54) is 10.6 Å². The SMILES string of the molecule is CC(C)OC(=O)c1ccc(NC(=O)Cn2c(=O)oc3cc(Cl)ccc32)cc1. The molecule has 0 saturated heterocycles. The maximum atomic E-state index is 12.3. The highest BCUT2D eigenvalue weighted by atomic mass is 35.5. The summed E-state index contributed by atoms with van der Waals surface area (Å²) in [6, 6.07) is 11.0. The van der Waals surface area contributed by atoms with E-state index in [9.17, 15) is 14.4 Å². The zero-order chi connectivity index (χ0) is 19.6. The second kappa shape index (κ2) is 7.67. The number of hydrogen-bond donors (Lipinski definition) is 1. The fourth-order valence-electron chi connectivity index (χ4n) is 2.51. The normalized spacial score (nSPS) is 11.0. The van der Waals surface area contributed by atoms with Crippen molar-refractivity contribution in [2.75, 3.05) is 5.32 Å².